The molecule has 0 bridgehead atoms. The molecule has 0 radical (unpaired) electrons. The van der Waals surface area contributed by atoms with E-state index < -0.39 is 0 Å². The molecule has 1 aliphatic carbocycles. The van der Waals surface area contributed by atoms with Crippen molar-refractivity contribution in [1.29, 1.82) is 0 Å². The van der Waals surface area contributed by atoms with Crippen LogP contribution in [0.2, 0.25) is 0 Å². The summed E-state index contributed by atoms with van der Waals surface area (Å²) in [6, 6.07) is 1.02. The van der Waals surface area contributed by atoms with Crippen molar-refractivity contribution in [3.8, 4) is 0 Å². The molecule has 1 N–H and O–H groups in total. The lowest BCUT2D eigenvalue weighted by molar-refractivity contribution is 0.269. The lowest BCUT2D eigenvalue weighted by Gasteiger charge is -2.30. The molecule has 0 saturated heterocycles. The Labute approximate surface area is 134 Å². The highest BCUT2D eigenvalue weighted by Crippen LogP contribution is 2.33. The Hall–Kier alpha value is -0.410. The average Bonchev–Trinajstić information content (AvgIpc) is 2.82. The monoisotopic (exact) mass is 308 g/mol. The lowest BCUT2D eigenvalue weighted by atomic mass is 9.84. The van der Waals surface area contributed by atoms with E-state index in [1.165, 1.54) is 47.7 Å². The molecular formula is C18H32N2S. The Kier molecular flexibility index (Phi) is 5.48. The van der Waals surface area contributed by atoms with Crippen LogP contribution in [0.5, 0.6) is 0 Å². The first-order chi connectivity index (χ1) is 9.79. The Morgan fingerprint density at radius 1 is 1.14 bits per heavy atom. The summed E-state index contributed by atoms with van der Waals surface area (Å²) in [6.45, 7) is 13.6. The van der Waals surface area contributed by atoms with Gasteiger partial charge in [0.25, 0.3) is 0 Å². The molecule has 1 aromatic heterocycles. The maximum atomic E-state index is 4.80. The molecule has 0 amide bonds. The fourth-order valence-corrected chi connectivity index (χ4v) is 4.51. The van der Waals surface area contributed by atoms with Gasteiger partial charge in [0.2, 0.25) is 0 Å². The largest absolute Gasteiger partial charge is 0.307 e. The van der Waals surface area contributed by atoms with E-state index >= 15 is 0 Å². The number of rotatable bonds is 4. The van der Waals surface area contributed by atoms with Gasteiger partial charge >= 0.3 is 0 Å². The fourth-order valence-electron chi connectivity index (χ4n) is 3.37. The highest BCUT2D eigenvalue weighted by Gasteiger charge is 2.25. The zero-order valence-electron chi connectivity index (χ0n) is 14.6. The van der Waals surface area contributed by atoms with Gasteiger partial charge in [-0.05, 0) is 39.5 Å². The van der Waals surface area contributed by atoms with Gasteiger partial charge in [0.15, 0.2) is 0 Å². The van der Waals surface area contributed by atoms with Gasteiger partial charge in [0.1, 0.15) is 0 Å². The van der Waals surface area contributed by atoms with Crippen LogP contribution in [0, 0.1) is 12.8 Å². The third-order valence-corrected chi connectivity index (χ3v) is 6.50. The second kappa shape index (κ2) is 6.78. The van der Waals surface area contributed by atoms with Crippen LogP contribution >= 0.6 is 11.3 Å². The molecule has 2 unspecified atom stereocenters. The summed E-state index contributed by atoms with van der Waals surface area (Å²) in [6.07, 6.45) is 7.06. The molecule has 1 heterocycles. The van der Waals surface area contributed by atoms with E-state index in [0.717, 1.165) is 5.92 Å². The first-order valence-corrected chi connectivity index (χ1v) is 9.34. The second-order valence-corrected chi connectivity index (χ2v) is 8.82. The van der Waals surface area contributed by atoms with Gasteiger partial charge < -0.3 is 5.32 Å². The van der Waals surface area contributed by atoms with Crippen molar-refractivity contribution in [2.45, 2.75) is 91.1 Å². The standard InChI is InChI=1S/C18H32N2S/c1-12(15-10-8-7-9-11-15)19-13(2)16-14(3)20-17(21-16)18(4,5)6/h12-13,15,19H,7-11H2,1-6H3. The highest BCUT2D eigenvalue weighted by molar-refractivity contribution is 7.12. The van der Waals surface area contributed by atoms with Crippen LogP contribution in [0.15, 0.2) is 0 Å². The minimum atomic E-state index is 0.155. The smallest absolute Gasteiger partial charge is 0.0985 e. The molecule has 21 heavy (non-hydrogen) atoms. The zero-order valence-corrected chi connectivity index (χ0v) is 15.4. The van der Waals surface area contributed by atoms with Crippen LogP contribution in [0.1, 0.15) is 88.3 Å². The third-order valence-electron chi connectivity index (χ3n) is 4.74. The minimum Gasteiger partial charge on any atom is -0.307 e. The molecule has 120 valence electrons. The molecule has 1 aromatic rings. The van der Waals surface area contributed by atoms with E-state index in [1.54, 1.807) is 0 Å². The Bertz CT molecular complexity index is 452. The molecule has 1 fully saturated rings. The summed E-state index contributed by atoms with van der Waals surface area (Å²) < 4.78 is 0. The van der Waals surface area contributed by atoms with Crippen LogP contribution in [0.25, 0.3) is 0 Å². The minimum absolute atomic E-state index is 0.155. The first kappa shape index (κ1) is 17.0. The number of aryl methyl sites for hydroxylation is 1. The first-order valence-electron chi connectivity index (χ1n) is 8.53. The van der Waals surface area contributed by atoms with Gasteiger partial charge in [0.05, 0.1) is 10.7 Å². The molecule has 3 heteroatoms. The number of thiazole rings is 1. The normalized spacial score (nSPS) is 20.5. The van der Waals surface area contributed by atoms with E-state index in [1.807, 2.05) is 11.3 Å². The predicted octanol–water partition coefficient (Wildman–Crippen LogP) is 5.37. The van der Waals surface area contributed by atoms with Gasteiger partial charge in [0, 0.05) is 22.4 Å². The molecule has 0 spiro atoms. The van der Waals surface area contributed by atoms with E-state index in [4.69, 9.17) is 4.98 Å². The molecule has 0 aromatic carbocycles. The summed E-state index contributed by atoms with van der Waals surface area (Å²) in [4.78, 5) is 6.22. The van der Waals surface area contributed by atoms with Crippen molar-refractivity contribution in [3.63, 3.8) is 0 Å². The van der Waals surface area contributed by atoms with E-state index in [0.29, 0.717) is 12.1 Å². The van der Waals surface area contributed by atoms with Crippen LogP contribution in [0.3, 0.4) is 0 Å². The SMILES string of the molecule is Cc1nc(C(C)(C)C)sc1C(C)NC(C)C1CCCCC1. The molecule has 2 atom stereocenters. The van der Waals surface area contributed by atoms with Crippen LogP contribution in [-0.2, 0) is 5.41 Å². The molecule has 1 saturated carbocycles. The number of nitrogens with one attached hydrogen (secondary N) is 1. The van der Waals surface area contributed by atoms with Gasteiger partial charge in [-0.15, -0.1) is 11.3 Å². The van der Waals surface area contributed by atoms with Crippen molar-refractivity contribution in [1.82, 2.24) is 10.3 Å². The Morgan fingerprint density at radius 3 is 2.29 bits per heavy atom. The molecule has 2 rings (SSSR count). The fraction of sp³-hybridized carbons (Fsp3) is 0.833. The van der Waals surface area contributed by atoms with Crippen molar-refractivity contribution in [2.75, 3.05) is 0 Å². The molecule has 2 nitrogen and oxygen atoms in total. The summed E-state index contributed by atoms with van der Waals surface area (Å²) in [7, 11) is 0. The van der Waals surface area contributed by atoms with Gasteiger partial charge in [-0.3, -0.25) is 0 Å². The van der Waals surface area contributed by atoms with E-state index in [2.05, 4.69) is 46.9 Å². The van der Waals surface area contributed by atoms with Crippen LogP contribution in [0.4, 0.5) is 0 Å². The van der Waals surface area contributed by atoms with Gasteiger partial charge in [-0.2, -0.15) is 0 Å². The quantitative estimate of drug-likeness (QED) is 0.809. The summed E-state index contributed by atoms with van der Waals surface area (Å²) in [5.74, 6) is 0.858. The number of hydrogen-bond acceptors (Lipinski definition) is 3. The molecule has 1 aliphatic rings. The number of hydrogen-bond donors (Lipinski definition) is 1. The Balaban J connectivity index is 2.02. The maximum Gasteiger partial charge on any atom is 0.0985 e. The van der Waals surface area contributed by atoms with Crippen molar-refractivity contribution >= 4 is 11.3 Å². The van der Waals surface area contributed by atoms with Gasteiger partial charge in [-0.1, -0.05) is 40.0 Å². The van der Waals surface area contributed by atoms with Crippen LogP contribution < -0.4 is 5.32 Å². The van der Waals surface area contributed by atoms with Crippen molar-refractivity contribution < 1.29 is 0 Å². The topological polar surface area (TPSA) is 24.9 Å². The van der Waals surface area contributed by atoms with Gasteiger partial charge in [-0.25, -0.2) is 4.98 Å². The maximum absolute atomic E-state index is 4.80. The second-order valence-electron chi connectivity index (χ2n) is 7.79. The van der Waals surface area contributed by atoms with Crippen LogP contribution in [-0.4, -0.2) is 11.0 Å². The predicted molar refractivity (Wildman–Crippen MR) is 93.1 cm³/mol. The zero-order chi connectivity index (χ0) is 15.6. The average molecular weight is 309 g/mol. The number of aromatic nitrogens is 1. The lowest BCUT2D eigenvalue weighted by Crippen LogP contribution is -2.36. The van der Waals surface area contributed by atoms with E-state index in [9.17, 15) is 0 Å². The van der Waals surface area contributed by atoms with Crippen molar-refractivity contribution in [3.05, 3.63) is 15.6 Å². The summed E-state index contributed by atoms with van der Waals surface area (Å²) in [5, 5.41) is 5.10. The third kappa shape index (κ3) is 4.29. The van der Waals surface area contributed by atoms with E-state index in [-0.39, 0.29) is 5.41 Å². The number of nitrogens with zero attached hydrogens (tertiary/aromatic N) is 1. The Morgan fingerprint density at radius 2 is 1.76 bits per heavy atom. The molecule has 0 aliphatic heterocycles. The summed E-state index contributed by atoms with van der Waals surface area (Å²) >= 11 is 1.89. The van der Waals surface area contributed by atoms with Crippen molar-refractivity contribution in [2.24, 2.45) is 5.92 Å². The molecular weight excluding hydrogens is 276 g/mol. The summed E-state index contributed by atoms with van der Waals surface area (Å²) in [5.41, 5.74) is 1.36. The highest BCUT2D eigenvalue weighted by atomic mass is 32.1.